The van der Waals surface area contributed by atoms with Crippen LogP contribution >= 0.6 is 0 Å². The predicted octanol–water partition coefficient (Wildman–Crippen LogP) is 2.88. The van der Waals surface area contributed by atoms with Gasteiger partial charge in [0.15, 0.2) is 0 Å². The largest absolute Gasteiger partial charge is 0.496 e. The zero-order valence-corrected chi connectivity index (χ0v) is 16.7. The molecule has 0 N–H and O–H groups in total. The number of carbonyl (C=O) groups excluding carboxylic acids is 1. The van der Waals surface area contributed by atoms with Gasteiger partial charge in [-0.05, 0) is 36.2 Å². The lowest BCUT2D eigenvalue weighted by Crippen LogP contribution is -2.34. The molecular weight excluding hydrogens is 368 g/mol. The molecule has 1 aliphatic rings. The van der Waals surface area contributed by atoms with Crippen molar-refractivity contribution in [3.8, 4) is 5.75 Å². The lowest BCUT2D eigenvalue weighted by Gasteiger charge is -2.22. The van der Waals surface area contributed by atoms with Gasteiger partial charge in [-0.2, -0.15) is 5.10 Å². The zero-order valence-electron chi connectivity index (χ0n) is 16.7. The first kappa shape index (κ1) is 19.3. The molecule has 0 bridgehead atoms. The highest BCUT2D eigenvalue weighted by atomic mass is 16.5. The van der Waals surface area contributed by atoms with Gasteiger partial charge in [-0.1, -0.05) is 6.07 Å². The summed E-state index contributed by atoms with van der Waals surface area (Å²) in [6, 6.07) is 9.98. The SMILES string of the molecule is COc1ccc(CN2CCCN(C(=O)c3ccoc3)CC2)cc1Cn1cccn1. The summed E-state index contributed by atoms with van der Waals surface area (Å²) in [4.78, 5) is 16.9. The Kier molecular flexibility index (Phi) is 5.95. The van der Waals surface area contributed by atoms with Gasteiger partial charge >= 0.3 is 0 Å². The van der Waals surface area contributed by atoms with Gasteiger partial charge in [-0.3, -0.25) is 14.4 Å². The topological polar surface area (TPSA) is 63.7 Å². The summed E-state index contributed by atoms with van der Waals surface area (Å²) in [5.74, 6) is 0.920. The Morgan fingerprint density at radius 3 is 2.86 bits per heavy atom. The summed E-state index contributed by atoms with van der Waals surface area (Å²) < 4.78 is 12.5. The van der Waals surface area contributed by atoms with Crippen LogP contribution < -0.4 is 4.74 Å². The molecule has 29 heavy (non-hydrogen) atoms. The van der Waals surface area contributed by atoms with E-state index in [1.54, 1.807) is 25.6 Å². The van der Waals surface area contributed by atoms with Crippen LogP contribution in [-0.2, 0) is 13.1 Å². The fourth-order valence-corrected chi connectivity index (χ4v) is 3.78. The number of furan rings is 1. The van der Waals surface area contributed by atoms with Crippen molar-refractivity contribution in [3.05, 3.63) is 71.9 Å². The first-order chi connectivity index (χ1) is 14.2. The fraction of sp³-hybridized carbons (Fsp3) is 0.364. The van der Waals surface area contributed by atoms with Crippen molar-refractivity contribution in [2.45, 2.75) is 19.5 Å². The molecule has 2 aromatic heterocycles. The van der Waals surface area contributed by atoms with E-state index < -0.39 is 0 Å². The molecule has 1 fully saturated rings. The molecule has 1 saturated heterocycles. The summed E-state index contributed by atoms with van der Waals surface area (Å²) in [5, 5.41) is 4.30. The van der Waals surface area contributed by atoms with E-state index in [0.29, 0.717) is 12.1 Å². The second-order valence-electron chi connectivity index (χ2n) is 7.28. The molecule has 3 aromatic rings. The summed E-state index contributed by atoms with van der Waals surface area (Å²) >= 11 is 0. The first-order valence-electron chi connectivity index (χ1n) is 9.90. The maximum atomic E-state index is 12.6. The number of hydrogen-bond donors (Lipinski definition) is 0. The summed E-state index contributed by atoms with van der Waals surface area (Å²) in [7, 11) is 1.70. The van der Waals surface area contributed by atoms with Crippen LogP contribution in [0.25, 0.3) is 0 Å². The van der Waals surface area contributed by atoms with Crippen LogP contribution in [0.5, 0.6) is 5.75 Å². The Labute approximate surface area is 170 Å². The lowest BCUT2D eigenvalue weighted by atomic mass is 10.1. The number of ether oxygens (including phenoxy) is 1. The number of methoxy groups -OCH3 is 1. The molecule has 7 nitrogen and oxygen atoms in total. The second-order valence-corrected chi connectivity index (χ2v) is 7.28. The van der Waals surface area contributed by atoms with Crippen molar-refractivity contribution >= 4 is 5.91 Å². The summed E-state index contributed by atoms with van der Waals surface area (Å²) in [6.07, 6.45) is 7.75. The van der Waals surface area contributed by atoms with E-state index in [9.17, 15) is 4.79 Å². The molecular formula is C22H26N4O3. The van der Waals surface area contributed by atoms with E-state index in [2.05, 4.69) is 22.1 Å². The van der Waals surface area contributed by atoms with Crippen LogP contribution in [0.3, 0.4) is 0 Å². The maximum absolute atomic E-state index is 12.6. The standard InChI is InChI=1S/C22H26N4O3/c1-28-21-5-4-18(14-20(21)16-26-10-2-7-23-26)15-24-8-3-9-25(12-11-24)22(27)19-6-13-29-17-19/h2,4-7,10,13-14,17H,3,8-9,11-12,15-16H2,1H3. The van der Waals surface area contributed by atoms with E-state index in [4.69, 9.17) is 9.15 Å². The van der Waals surface area contributed by atoms with Gasteiger partial charge in [-0.15, -0.1) is 0 Å². The number of rotatable bonds is 6. The predicted molar refractivity (Wildman–Crippen MR) is 109 cm³/mol. The van der Waals surface area contributed by atoms with E-state index in [0.717, 1.165) is 50.5 Å². The molecule has 1 aromatic carbocycles. The summed E-state index contributed by atoms with van der Waals surface area (Å²) in [6.45, 7) is 4.84. The van der Waals surface area contributed by atoms with Crippen LogP contribution in [0.4, 0.5) is 0 Å². The molecule has 4 rings (SSSR count). The first-order valence-corrected chi connectivity index (χ1v) is 9.90. The Morgan fingerprint density at radius 2 is 2.10 bits per heavy atom. The van der Waals surface area contributed by atoms with Gasteiger partial charge in [0, 0.05) is 50.7 Å². The molecule has 0 radical (unpaired) electrons. The van der Waals surface area contributed by atoms with Gasteiger partial charge in [0.2, 0.25) is 0 Å². The highest BCUT2D eigenvalue weighted by molar-refractivity contribution is 5.93. The Hall–Kier alpha value is -3.06. The summed E-state index contributed by atoms with van der Waals surface area (Å²) in [5.41, 5.74) is 2.97. The number of nitrogens with zero attached hydrogens (tertiary/aromatic N) is 4. The normalized spacial score (nSPS) is 15.3. The number of benzene rings is 1. The molecule has 3 heterocycles. The van der Waals surface area contributed by atoms with Crippen LogP contribution in [0.15, 0.2) is 59.7 Å². The quantitative estimate of drug-likeness (QED) is 0.643. The van der Waals surface area contributed by atoms with E-state index >= 15 is 0 Å². The number of carbonyl (C=O) groups is 1. The molecule has 1 aliphatic heterocycles. The Morgan fingerprint density at radius 1 is 1.17 bits per heavy atom. The van der Waals surface area contributed by atoms with Crippen molar-refractivity contribution in [1.29, 1.82) is 0 Å². The minimum atomic E-state index is 0.0477. The molecule has 0 unspecified atom stereocenters. The molecule has 0 spiro atoms. The van der Waals surface area contributed by atoms with E-state index in [1.807, 2.05) is 27.9 Å². The molecule has 7 heteroatoms. The van der Waals surface area contributed by atoms with Crippen molar-refractivity contribution in [2.75, 3.05) is 33.3 Å². The lowest BCUT2D eigenvalue weighted by molar-refractivity contribution is 0.0760. The minimum Gasteiger partial charge on any atom is -0.496 e. The molecule has 1 amide bonds. The monoisotopic (exact) mass is 394 g/mol. The van der Waals surface area contributed by atoms with E-state index in [1.165, 1.54) is 11.8 Å². The van der Waals surface area contributed by atoms with Gasteiger partial charge in [-0.25, -0.2) is 0 Å². The van der Waals surface area contributed by atoms with Crippen molar-refractivity contribution in [1.82, 2.24) is 19.6 Å². The molecule has 0 atom stereocenters. The highest BCUT2D eigenvalue weighted by Gasteiger charge is 2.21. The average molecular weight is 394 g/mol. The van der Waals surface area contributed by atoms with Crippen molar-refractivity contribution < 1.29 is 13.9 Å². The molecule has 0 saturated carbocycles. The van der Waals surface area contributed by atoms with E-state index in [-0.39, 0.29) is 5.91 Å². The van der Waals surface area contributed by atoms with Crippen LogP contribution in [0.1, 0.15) is 27.9 Å². The van der Waals surface area contributed by atoms with Gasteiger partial charge in [0.05, 0.1) is 25.5 Å². The maximum Gasteiger partial charge on any atom is 0.257 e. The van der Waals surface area contributed by atoms with Crippen LogP contribution in [0, 0.1) is 0 Å². The fourth-order valence-electron chi connectivity index (χ4n) is 3.78. The average Bonchev–Trinajstić information content (AvgIpc) is 3.40. The smallest absolute Gasteiger partial charge is 0.257 e. The Bertz CT molecular complexity index is 922. The third-order valence-corrected chi connectivity index (χ3v) is 5.29. The third kappa shape index (κ3) is 4.68. The molecule has 152 valence electrons. The van der Waals surface area contributed by atoms with Gasteiger partial charge in [0.1, 0.15) is 12.0 Å². The Balaban J connectivity index is 1.40. The van der Waals surface area contributed by atoms with Crippen molar-refractivity contribution in [3.63, 3.8) is 0 Å². The number of hydrogen-bond acceptors (Lipinski definition) is 5. The van der Waals surface area contributed by atoms with Crippen LogP contribution in [-0.4, -0.2) is 58.8 Å². The van der Waals surface area contributed by atoms with Gasteiger partial charge in [0.25, 0.3) is 5.91 Å². The van der Waals surface area contributed by atoms with Gasteiger partial charge < -0.3 is 14.1 Å². The number of amides is 1. The number of aromatic nitrogens is 2. The van der Waals surface area contributed by atoms with Crippen molar-refractivity contribution in [2.24, 2.45) is 0 Å². The highest BCUT2D eigenvalue weighted by Crippen LogP contribution is 2.22. The minimum absolute atomic E-state index is 0.0477. The zero-order chi connectivity index (χ0) is 20.1. The van der Waals surface area contributed by atoms with Crippen LogP contribution in [0.2, 0.25) is 0 Å². The second kappa shape index (κ2) is 8.96. The third-order valence-electron chi connectivity index (χ3n) is 5.29. The molecule has 0 aliphatic carbocycles.